The zero-order chi connectivity index (χ0) is 24.9. The van der Waals surface area contributed by atoms with Crippen molar-refractivity contribution in [3.63, 3.8) is 0 Å². The second-order valence-electron chi connectivity index (χ2n) is 8.06. The predicted octanol–water partition coefficient (Wildman–Crippen LogP) is 4.35. The maximum Gasteiger partial charge on any atom is 0.308 e. The smallest absolute Gasteiger partial charge is 0.308 e. The third kappa shape index (κ3) is 5.86. The zero-order valence-corrected chi connectivity index (χ0v) is 19.6. The molecule has 8 heteroatoms. The second-order valence-corrected chi connectivity index (χ2v) is 8.06. The molecule has 2 amide bonds. The minimum atomic E-state index is -0.459. The Bertz CT molecular complexity index is 1450. The number of amides is 2. The average molecular weight is 469 g/mol. The summed E-state index contributed by atoms with van der Waals surface area (Å²) in [5, 5.41) is 5.72. The van der Waals surface area contributed by atoms with E-state index in [0.29, 0.717) is 28.1 Å². The largest absolute Gasteiger partial charge is 0.427 e. The minimum absolute atomic E-state index is 0.233. The van der Waals surface area contributed by atoms with Crippen LogP contribution < -0.4 is 15.4 Å². The van der Waals surface area contributed by atoms with Gasteiger partial charge in [0, 0.05) is 30.3 Å². The van der Waals surface area contributed by atoms with Crippen LogP contribution in [0, 0.1) is 13.8 Å². The van der Waals surface area contributed by atoms with E-state index < -0.39 is 5.97 Å². The van der Waals surface area contributed by atoms with Crippen LogP contribution in [0.5, 0.6) is 5.75 Å². The fourth-order valence-corrected chi connectivity index (χ4v) is 3.49. The number of esters is 1. The van der Waals surface area contributed by atoms with Gasteiger partial charge in [-0.25, -0.2) is 9.97 Å². The Morgan fingerprint density at radius 1 is 0.800 bits per heavy atom. The molecule has 0 saturated heterocycles. The summed E-state index contributed by atoms with van der Waals surface area (Å²) in [5.74, 6) is -0.739. The van der Waals surface area contributed by atoms with Crippen LogP contribution in [0.15, 0.2) is 66.7 Å². The van der Waals surface area contributed by atoms with Crippen molar-refractivity contribution in [1.29, 1.82) is 0 Å². The molecule has 0 fully saturated rings. The molecule has 0 aliphatic rings. The Morgan fingerprint density at radius 2 is 1.51 bits per heavy atom. The van der Waals surface area contributed by atoms with Crippen LogP contribution in [0.25, 0.3) is 11.0 Å². The molecule has 1 heterocycles. The van der Waals surface area contributed by atoms with Crippen molar-refractivity contribution >= 4 is 34.5 Å². The number of carbonyl (C=O) groups is 3. The van der Waals surface area contributed by atoms with Crippen LogP contribution in [0.2, 0.25) is 0 Å². The highest BCUT2D eigenvalue weighted by atomic mass is 16.5. The Balaban J connectivity index is 1.41. The van der Waals surface area contributed by atoms with Crippen LogP contribution in [0.1, 0.15) is 44.6 Å². The van der Waals surface area contributed by atoms with E-state index in [9.17, 15) is 14.4 Å². The number of aryl methyl sites for hydroxylation is 2. The summed E-state index contributed by atoms with van der Waals surface area (Å²) in [6, 6.07) is 18.8. The summed E-state index contributed by atoms with van der Waals surface area (Å²) in [5.41, 5.74) is 5.34. The normalized spacial score (nSPS) is 10.6. The fourth-order valence-electron chi connectivity index (χ4n) is 3.49. The molecule has 2 N–H and O–H groups in total. The van der Waals surface area contributed by atoms with E-state index in [1.807, 2.05) is 19.9 Å². The van der Waals surface area contributed by atoms with E-state index >= 15 is 0 Å². The number of rotatable bonds is 6. The maximum absolute atomic E-state index is 12.7. The summed E-state index contributed by atoms with van der Waals surface area (Å²) < 4.78 is 5.03. The van der Waals surface area contributed by atoms with Gasteiger partial charge in [-0.2, -0.15) is 0 Å². The van der Waals surface area contributed by atoms with Gasteiger partial charge < -0.3 is 15.4 Å². The molecular weight excluding hydrogens is 444 g/mol. The molecule has 176 valence electrons. The number of ether oxygens (including phenoxy) is 1. The van der Waals surface area contributed by atoms with Crippen molar-refractivity contribution in [3.05, 3.63) is 94.8 Å². The van der Waals surface area contributed by atoms with Gasteiger partial charge in [0.25, 0.3) is 11.8 Å². The molecule has 1 aromatic heterocycles. The van der Waals surface area contributed by atoms with Gasteiger partial charge in [-0.1, -0.05) is 18.2 Å². The van der Waals surface area contributed by atoms with Gasteiger partial charge >= 0.3 is 5.97 Å². The van der Waals surface area contributed by atoms with E-state index in [2.05, 4.69) is 20.6 Å². The zero-order valence-electron chi connectivity index (χ0n) is 19.6. The van der Waals surface area contributed by atoms with Crippen molar-refractivity contribution < 1.29 is 19.1 Å². The van der Waals surface area contributed by atoms with Gasteiger partial charge in [0.05, 0.1) is 22.4 Å². The maximum atomic E-state index is 12.7. The first-order valence-corrected chi connectivity index (χ1v) is 11.0. The highest BCUT2D eigenvalue weighted by Crippen LogP contribution is 2.18. The molecule has 0 aliphatic heterocycles. The molecule has 0 saturated carbocycles. The summed E-state index contributed by atoms with van der Waals surface area (Å²) in [6.45, 7) is 5.37. The number of hydrogen-bond donors (Lipinski definition) is 2. The number of hydrogen-bond acceptors (Lipinski definition) is 6. The minimum Gasteiger partial charge on any atom is -0.427 e. The number of aromatic nitrogens is 2. The van der Waals surface area contributed by atoms with Gasteiger partial charge in [-0.15, -0.1) is 0 Å². The number of nitrogens with one attached hydrogen (secondary N) is 2. The third-order valence-electron chi connectivity index (χ3n) is 5.33. The molecule has 3 aromatic carbocycles. The molecule has 0 bridgehead atoms. The molecule has 0 spiro atoms. The van der Waals surface area contributed by atoms with Crippen LogP contribution >= 0.6 is 0 Å². The Kier molecular flexibility index (Phi) is 6.82. The topological polar surface area (TPSA) is 110 Å². The standard InChI is InChI=1S/C27H24N4O4/c1-16-17(2)30-25-14-21(10-11-24(25)29-16)26(33)28-15-19-6-4-8-22(12-19)31-27(34)20-7-5-9-23(13-20)35-18(3)32/h4-14H,15H2,1-3H3,(H,28,33)(H,31,34). The van der Waals surface area contributed by atoms with Crippen LogP contribution in [-0.2, 0) is 11.3 Å². The molecule has 8 nitrogen and oxygen atoms in total. The lowest BCUT2D eigenvalue weighted by Gasteiger charge is -2.10. The summed E-state index contributed by atoms with van der Waals surface area (Å²) in [4.78, 5) is 45.5. The quantitative estimate of drug-likeness (QED) is 0.321. The first kappa shape index (κ1) is 23.6. The van der Waals surface area contributed by atoms with E-state index in [1.54, 1.807) is 54.6 Å². The number of benzene rings is 3. The number of nitrogens with zero attached hydrogens (tertiary/aromatic N) is 2. The highest BCUT2D eigenvalue weighted by molar-refractivity contribution is 6.04. The van der Waals surface area contributed by atoms with Gasteiger partial charge in [-0.05, 0) is 67.9 Å². The lowest BCUT2D eigenvalue weighted by atomic mass is 10.1. The van der Waals surface area contributed by atoms with E-state index in [0.717, 1.165) is 22.5 Å². The average Bonchev–Trinajstić information content (AvgIpc) is 2.83. The molecular formula is C27H24N4O4. The van der Waals surface area contributed by atoms with Crippen LogP contribution in [-0.4, -0.2) is 27.8 Å². The molecule has 0 radical (unpaired) electrons. The molecule has 4 rings (SSSR count). The van der Waals surface area contributed by atoms with Gasteiger partial charge in [0.15, 0.2) is 0 Å². The lowest BCUT2D eigenvalue weighted by Crippen LogP contribution is -2.23. The Labute approximate surface area is 202 Å². The summed E-state index contributed by atoms with van der Waals surface area (Å²) in [6.07, 6.45) is 0. The summed E-state index contributed by atoms with van der Waals surface area (Å²) >= 11 is 0. The van der Waals surface area contributed by atoms with Gasteiger partial charge in [0.1, 0.15) is 5.75 Å². The Morgan fingerprint density at radius 3 is 2.29 bits per heavy atom. The van der Waals surface area contributed by atoms with Crippen molar-refractivity contribution in [2.75, 3.05) is 5.32 Å². The third-order valence-corrected chi connectivity index (χ3v) is 5.33. The first-order chi connectivity index (χ1) is 16.8. The number of anilines is 1. The lowest BCUT2D eigenvalue weighted by molar-refractivity contribution is -0.131. The number of carbonyl (C=O) groups excluding carboxylic acids is 3. The van der Waals surface area contributed by atoms with E-state index in [1.165, 1.54) is 13.0 Å². The van der Waals surface area contributed by atoms with E-state index in [-0.39, 0.29) is 18.4 Å². The summed E-state index contributed by atoms with van der Waals surface area (Å²) in [7, 11) is 0. The highest BCUT2D eigenvalue weighted by Gasteiger charge is 2.11. The second kappa shape index (κ2) is 10.1. The van der Waals surface area contributed by atoms with Gasteiger partial charge in [0.2, 0.25) is 0 Å². The molecule has 0 atom stereocenters. The van der Waals surface area contributed by atoms with Gasteiger partial charge in [-0.3, -0.25) is 14.4 Å². The van der Waals surface area contributed by atoms with Crippen LogP contribution in [0.3, 0.4) is 0 Å². The molecule has 35 heavy (non-hydrogen) atoms. The first-order valence-electron chi connectivity index (χ1n) is 11.0. The monoisotopic (exact) mass is 468 g/mol. The van der Waals surface area contributed by atoms with Crippen molar-refractivity contribution in [3.8, 4) is 5.75 Å². The van der Waals surface area contributed by atoms with Crippen LogP contribution in [0.4, 0.5) is 5.69 Å². The number of fused-ring (bicyclic) bond motifs is 1. The predicted molar refractivity (Wildman–Crippen MR) is 132 cm³/mol. The fraction of sp³-hybridized carbons (Fsp3) is 0.148. The Hall–Kier alpha value is -4.59. The molecule has 4 aromatic rings. The van der Waals surface area contributed by atoms with Crippen molar-refractivity contribution in [2.24, 2.45) is 0 Å². The SMILES string of the molecule is CC(=O)Oc1cccc(C(=O)Nc2cccc(CNC(=O)c3ccc4nc(C)c(C)nc4c3)c2)c1. The molecule has 0 unspecified atom stereocenters. The van der Waals surface area contributed by atoms with Crippen molar-refractivity contribution in [2.45, 2.75) is 27.3 Å². The van der Waals surface area contributed by atoms with E-state index in [4.69, 9.17) is 4.74 Å². The van der Waals surface area contributed by atoms with Crippen molar-refractivity contribution in [1.82, 2.24) is 15.3 Å². The molecule has 0 aliphatic carbocycles.